The van der Waals surface area contributed by atoms with Crippen molar-refractivity contribution in [3.8, 4) is 0 Å². The molecule has 0 radical (unpaired) electrons. The Morgan fingerprint density at radius 2 is 1.17 bits per heavy atom. The fraction of sp³-hybridized carbons (Fsp3) is 0.273. The van der Waals surface area contributed by atoms with Gasteiger partial charge in [-0.05, 0) is 0 Å². The molecule has 0 N–H and O–H groups in total. The van der Waals surface area contributed by atoms with Crippen LogP contribution in [0, 0.1) is 0 Å². The van der Waals surface area contributed by atoms with Gasteiger partial charge in [0.1, 0.15) is 26.4 Å². The largest absolute Gasteiger partial charge is 0.477 e. The van der Waals surface area contributed by atoms with Crippen molar-refractivity contribution in [1.82, 2.24) is 0 Å². The minimum atomic E-state index is -0.552. The first kappa shape index (κ1) is 19.0. The maximum absolute atomic E-state index is 12.4. The number of nitrogens with zero attached hydrogens (tertiary/aromatic N) is 2. The van der Waals surface area contributed by atoms with E-state index in [0.717, 1.165) is 0 Å². The number of rotatable bonds is 8. The van der Waals surface area contributed by atoms with E-state index in [1.165, 1.54) is 0 Å². The van der Waals surface area contributed by atoms with Gasteiger partial charge in [-0.1, -0.05) is 60.7 Å². The van der Waals surface area contributed by atoms with E-state index in [2.05, 4.69) is 9.98 Å². The summed E-state index contributed by atoms with van der Waals surface area (Å²) in [4.78, 5) is 33.4. The van der Waals surface area contributed by atoms with Gasteiger partial charge in [0.15, 0.2) is 23.7 Å². The van der Waals surface area contributed by atoms with Crippen LogP contribution in [0.5, 0.6) is 0 Å². The summed E-state index contributed by atoms with van der Waals surface area (Å²) in [5, 5.41) is 0. The van der Waals surface area contributed by atoms with Crippen LogP contribution in [0.25, 0.3) is 0 Å². The second-order valence-corrected chi connectivity index (χ2v) is 6.65. The quantitative estimate of drug-likeness (QED) is 0.644. The molecule has 0 aliphatic carbocycles. The molecular formula is C22H20N2O5. The van der Waals surface area contributed by atoms with Gasteiger partial charge in [-0.15, -0.1) is 0 Å². The van der Waals surface area contributed by atoms with Gasteiger partial charge < -0.3 is 14.2 Å². The van der Waals surface area contributed by atoms with Gasteiger partial charge in [0.05, 0.1) is 0 Å². The van der Waals surface area contributed by atoms with E-state index in [4.69, 9.17) is 14.2 Å². The zero-order valence-electron chi connectivity index (χ0n) is 15.7. The van der Waals surface area contributed by atoms with E-state index in [9.17, 15) is 9.59 Å². The van der Waals surface area contributed by atoms with Gasteiger partial charge >= 0.3 is 0 Å². The number of ketones is 2. The number of carbonyl (C=O) groups excluding carboxylic acids is 2. The molecule has 4 rings (SSSR count). The molecule has 148 valence electrons. The van der Waals surface area contributed by atoms with E-state index >= 15 is 0 Å². The number of benzene rings is 2. The van der Waals surface area contributed by atoms with Crippen LogP contribution < -0.4 is 0 Å². The highest BCUT2D eigenvalue weighted by molar-refractivity contribution is 6.03. The Labute approximate surface area is 168 Å². The molecule has 7 nitrogen and oxygen atoms in total. The molecule has 0 bridgehead atoms. The predicted molar refractivity (Wildman–Crippen MR) is 107 cm³/mol. The molecule has 0 unspecified atom stereocenters. The van der Waals surface area contributed by atoms with Gasteiger partial charge in [0.2, 0.25) is 11.8 Å². The Hall–Kier alpha value is -3.32. The standard InChI is InChI=1S/C22H20N2O5/c25-21(15-7-3-1-4-8-15)17-11-28-19(23-17)13-27-14-20-24-18(12-29-20)22(26)16-9-5-2-6-10-16/h1-10,17-18H,11-14H2/t17-,18+. The first-order valence-electron chi connectivity index (χ1n) is 9.36. The topological polar surface area (TPSA) is 86.6 Å². The fourth-order valence-electron chi connectivity index (χ4n) is 3.09. The average Bonchev–Trinajstić information content (AvgIpc) is 3.44. The molecule has 29 heavy (non-hydrogen) atoms. The lowest BCUT2D eigenvalue weighted by atomic mass is 10.1. The van der Waals surface area contributed by atoms with E-state index in [0.29, 0.717) is 22.9 Å². The Bertz CT molecular complexity index is 863. The second kappa shape index (κ2) is 8.79. The summed E-state index contributed by atoms with van der Waals surface area (Å²) in [5.41, 5.74) is 1.21. The highest BCUT2D eigenvalue weighted by Gasteiger charge is 2.28. The first-order chi connectivity index (χ1) is 14.2. The summed E-state index contributed by atoms with van der Waals surface area (Å²) < 4.78 is 16.5. The molecule has 0 saturated heterocycles. The SMILES string of the molecule is O=C(c1ccccc1)[C@@H]1COC(COCC2=N[C@@H](C(=O)c3ccccc3)CO2)=N1. The minimum absolute atomic E-state index is 0.0774. The number of aliphatic imine (C=N–C) groups is 2. The van der Waals surface area contributed by atoms with E-state index in [1.807, 2.05) is 36.4 Å². The summed E-state index contributed by atoms with van der Waals surface area (Å²) >= 11 is 0. The van der Waals surface area contributed by atoms with Gasteiger partial charge in [0.25, 0.3) is 0 Å². The van der Waals surface area contributed by atoms with Crippen LogP contribution in [0.2, 0.25) is 0 Å². The number of ether oxygens (including phenoxy) is 3. The van der Waals surface area contributed by atoms with Crippen LogP contribution in [0.4, 0.5) is 0 Å². The van der Waals surface area contributed by atoms with Crippen molar-refractivity contribution in [2.45, 2.75) is 12.1 Å². The highest BCUT2D eigenvalue weighted by Crippen LogP contribution is 2.14. The average molecular weight is 392 g/mol. The molecule has 0 fully saturated rings. The molecule has 2 aliphatic rings. The van der Waals surface area contributed by atoms with Crippen molar-refractivity contribution in [3.05, 3.63) is 71.8 Å². The Morgan fingerprint density at radius 1 is 0.759 bits per heavy atom. The van der Waals surface area contributed by atoms with E-state index in [1.54, 1.807) is 24.3 Å². The van der Waals surface area contributed by atoms with Crippen LogP contribution in [0.15, 0.2) is 70.6 Å². The van der Waals surface area contributed by atoms with Crippen LogP contribution in [-0.4, -0.2) is 61.9 Å². The summed E-state index contributed by atoms with van der Waals surface area (Å²) in [7, 11) is 0. The third kappa shape index (κ3) is 4.57. The molecule has 0 saturated carbocycles. The predicted octanol–water partition coefficient (Wildman–Crippen LogP) is 2.36. The van der Waals surface area contributed by atoms with E-state index < -0.39 is 12.1 Å². The Kier molecular flexibility index (Phi) is 5.76. The Balaban J connectivity index is 1.26. The van der Waals surface area contributed by atoms with Crippen LogP contribution in [0.1, 0.15) is 20.7 Å². The molecule has 2 atom stereocenters. The lowest BCUT2D eigenvalue weighted by molar-refractivity contribution is 0.0940. The summed E-state index contributed by atoms with van der Waals surface area (Å²) in [6, 6.07) is 16.9. The number of hydrogen-bond acceptors (Lipinski definition) is 7. The third-order valence-electron chi connectivity index (χ3n) is 4.59. The highest BCUT2D eigenvalue weighted by atomic mass is 16.6. The number of carbonyl (C=O) groups is 2. The van der Waals surface area contributed by atoms with Crippen molar-refractivity contribution < 1.29 is 23.8 Å². The molecule has 2 aromatic rings. The minimum Gasteiger partial charge on any atom is -0.477 e. The maximum Gasteiger partial charge on any atom is 0.211 e. The molecule has 2 aliphatic heterocycles. The van der Waals surface area contributed by atoms with Crippen LogP contribution in [0.3, 0.4) is 0 Å². The van der Waals surface area contributed by atoms with Gasteiger partial charge in [-0.3, -0.25) is 9.59 Å². The lowest BCUT2D eigenvalue weighted by Gasteiger charge is -2.04. The van der Waals surface area contributed by atoms with Gasteiger partial charge in [0, 0.05) is 11.1 Å². The van der Waals surface area contributed by atoms with Crippen molar-refractivity contribution in [2.24, 2.45) is 9.98 Å². The smallest absolute Gasteiger partial charge is 0.211 e. The van der Waals surface area contributed by atoms with Crippen molar-refractivity contribution >= 4 is 23.4 Å². The van der Waals surface area contributed by atoms with Crippen molar-refractivity contribution in [2.75, 3.05) is 26.4 Å². The fourth-order valence-corrected chi connectivity index (χ4v) is 3.09. The normalized spacial score (nSPS) is 20.4. The van der Waals surface area contributed by atoms with Gasteiger partial charge in [-0.2, -0.15) is 0 Å². The molecule has 2 aromatic carbocycles. The summed E-state index contributed by atoms with van der Waals surface area (Å²) in [6.07, 6.45) is 0. The lowest BCUT2D eigenvalue weighted by Crippen LogP contribution is -2.19. The first-order valence-corrected chi connectivity index (χ1v) is 9.36. The van der Waals surface area contributed by atoms with Crippen molar-refractivity contribution in [1.29, 1.82) is 0 Å². The van der Waals surface area contributed by atoms with Gasteiger partial charge in [-0.25, -0.2) is 9.98 Å². The molecule has 0 aromatic heterocycles. The zero-order valence-corrected chi connectivity index (χ0v) is 15.7. The zero-order chi connectivity index (χ0) is 20.1. The molecular weight excluding hydrogens is 372 g/mol. The third-order valence-corrected chi connectivity index (χ3v) is 4.59. The van der Waals surface area contributed by atoms with Crippen LogP contribution >= 0.6 is 0 Å². The summed E-state index contributed by atoms with van der Waals surface area (Å²) in [6.45, 7) is 0.630. The second-order valence-electron chi connectivity index (χ2n) is 6.65. The Morgan fingerprint density at radius 3 is 1.59 bits per heavy atom. The van der Waals surface area contributed by atoms with Crippen LogP contribution in [-0.2, 0) is 14.2 Å². The molecule has 0 amide bonds. The number of hydrogen-bond donors (Lipinski definition) is 0. The van der Waals surface area contributed by atoms with E-state index in [-0.39, 0.29) is 38.0 Å². The molecule has 0 spiro atoms. The number of Topliss-reactive ketones (excluding diaryl/α,β-unsaturated/α-hetero) is 2. The summed E-state index contributed by atoms with van der Waals surface area (Å²) in [5.74, 6) is 0.585. The molecule has 7 heteroatoms. The van der Waals surface area contributed by atoms with Crippen molar-refractivity contribution in [3.63, 3.8) is 0 Å². The maximum atomic E-state index is 12.4. The monoisotopic (exact) mass is 392 g/mol. The molecule has 2 heterocycles.